The number of carbonyl (C=O) groups excluding carboxylic acids is 3. The van der Waals surface area contributed by atoms with Crippen molar-refractivity contribution in [2.75, 3.05) is 14.1 Å². The Morgan fingerprint density at radius 2 is 1.71 bits per heavy atom. The van der Waals surface area contributed by atoms with Crippen molar-refractivity contribution in [2.24, 2.45) is 23.4 Å². The van der Waals surface area contributed by atoms with Crippen LogP contribution in [0.3, 0.4) is 0 Å². The van der Waals surface area contributed by atoms with Gasteiger partial charge in [-0.3, -0.25) is 14.4 Å². The molecule has 6 atom stereocenters. The van der Waals surface area contributed by atoms with Gasteiger partial charge in [0.25, 0.3) is 5.91 Å². The van der Waals surface area contributed by atoms with E-state index in [0.717, 1.165) is 0 Å². The molecular weight excluding hydrogens is 450 g/mol. The maximum atomic E-state index is 13.8. The number of aliphatic hydroxyl groups excluding tert-OH is 3. The summed E-state index contributed by atoms with van der Waals surface area (Å²) in [6.07, 6.45) is -1.95. The first-order valence-electron chi connectivity index (χ1n) is 10.3. The molecule has 1 aromatic carbocycles. The number of aliphatic hydroxyl groups is 5. The molecule has 1 amide bonds. The number of likely N-dealkylation sites (N-methyl/N-ethyl adjacent to an activating group) is 1. The number of rotatable bonds is 2. The Bertz CT molecular complexity index is 1230. The van der Waals surface area contributed by atoms with Crippen molar-refractivity contribution in [3.63, 3.8) is 0 Å². The number of amides is 1. The van der Waals surface area contributed by atoms with Gasteiger partial charge in [-0.15, -0.1) is 0 Å². The van der Waals surface area contributed by atoms with Crippen molar-refractivity contribution in [1.82, 2.24) is 0 Å². The smallest absolute Gasteiger partial charge is 0.256 e. The van der Waals surface area contributed by atoms with E-state index in [-0.39, 0.29) is 11.1 Å². The quantitative estimate of drug-likeness (QED) is 0.101. The van der Waals surface area contributed by atoms with Gasteiger partial charge in [-0.2, -0.15) is 5.84 Å². The lowest BCUT2D eigenvalue weighted by molar-refractivity contribution is -0.922. The second-order valence-corrected chi connectivity index (χ2v) is 9.73. The van der Waals surface area contributed by atoms with Crippen molar-refractivity contribution >= 4 is 23.2 Å². The molecule has 12 nitrogen and oxygen atoms in total. The number of nitrogens with two attached hydrogens (primary N) is 2. The number of fused-ring (bicyclic) bond motifs is 3. The lowest BCUT2D eigenvalue weighted by Crippen LogP contribution is -2.76. The van der Waals surface area contributed by atoms with Crippen molar-refractivity contribution in [3.05, 3.63) is 46.2 Å². The molecule has 6 unspecified atom stereocenters. The van der Waals surface area contributed by atoms with Crippen LogP contribution in [0.5, 0.6) is 5.75 Å². The molecule has 1 aromatic rings. The van der Waals surface area contributed by atoms with Gasteiger partial charge in [0.2, 0.25) is 11.6 Å². The maximum Gasteiger partial charge on any atom is 0.256 e. The highest BCUT2D eigenvalue weighted by Crippen LogP contribution is 2.57. The predicted molar refractivity (Wildman–Crippen MR) is 114 cm³/mol. The Balaban J connectivity index is 2.12. The average molecular weight is 476 g/mol. The first-order valence-corrected chi connectivity index (χ1v) is 10.3. The van der Waals surface area contributed by atoms with Crippen LogP contribution in [-0.2, 0) is 20.0 Å². The number of nitrogens with zero attached hydrogens (tertiary/aromatic N) is 1. The first-order chi connectivity index (χ1) is 15.5. The van der Waals surface area contributed by atoms with E-state index < -0.39 is 85.7 Å². The molecule has 0 heterocycles. The van der Waals surface area contributed by atoms with Crippen molar-refractivity contribution in [1.29, 1.82) is 0 Å². The first kappa shape index (κ1) is 23.9. The second-order valence-electron chi connectivity index (χ2n) is 9.73. The van der Waals surface area contributed by atoms with E-state index in [2.05, 4.69) is 0 Å². The van der Waals surface area contributed by atoms with Crippen LogP contribution in [0, 0.1) is 11.8 Å². The fraction of sp³-hybridized carbons (Fsp3) is 0.409. The summed E-state index contributed by atoms with van der Waals surface area (Å²) in [5.74, 6) is -3.99. The van der Waals surface area contributed by atoms with Crippen molar-refractivity contribution < 1.29 is 49.6 Å². The minimum atomic E-state index is -3.10. The fourth-order valence-corrected chi connectivity index (χ4v) is 5.76. The molecule has 4 rings (SSSR count). The molecule has 10 N–H and O–H groups in total. The van der Waals surface area contributed by atoms with Crippen LogP contribution in [0.2, 0.25) is 0 Å². The number of ketones is 2. The van der Waals surface area contributed by atoms with Gasteiger partial charge in [0.15, 0.2) is 11.6 Å². The highest BCUT2D eigenvalue weighted by atomic mass is 16.4. The number of benzene rings is 1. The molecule has 3 aliphatic carbocycles. The predicted octanol–water partition coefficient (Wildman–Crippen LogP) is -2.01. The molecular formula is C22H26N3O9+. The topological polar surface area (TPSA) is 225 Å². The van der Waals surface area contributed by atoms with E-state index in [1.807, 2.05) is 0 Å². The van der Waals surface area contributed by atoms with Gasteiger partial charge >= 0.3 is 0 Å². The summed E-state index contributed by atoms with van der Waals surface area (Å²) in [4.78, 5) is 39.0. The van der Waals surface area contributed by atoms with Crippen LogP contribution < -0.4 is 11.6 Å². The van der Waals surface area contributed by atoms with Crippen LogP contribution >= 0.6 is 0 Å². The lowest BCUT2D eigenvalue weighted by Gasteiger charge is -2.55. The van der Waals surface area contributed by atoms with Crippen molar-refractivity contribution in [3.8, 4) is 5.75 Å². The van der Waals surface area contributed by atoms with Crippen LogP contribution in [0.4, 0.5) is 0 Å². The Kier molecular flexibility index (Phi) is 4.82. The molecule has 1 saturated carbocycles. The normalized spacial score (nSPS) is 35.6. The number of hydrogen-bond donors (Lipinski definition) is 8. The molecule has 1 fully saturated rings. The SMILES string of the molecule is CC1(O)c2cccc(O)c2C(O)=C2C(=O)C3(O)C(O)=C(C(N)=O)C(=O)C([N+](C)(C)N)C3C(O)C21. The Morgan fingerprint density at radius 3 is 2.24 bits per heavy atom. The molecule has 12 heteroatoms. The third-order valence-electron chi connectivity index (χ3n) is 7.20. The van der Waals surface area contributed by atoms with Crippen molar-refractivity contribution in [2.45, 2.75) is 30.3 Å². The van der Waals surface area contributed by atoms with Gasteiger partial charge in [0, 0.05) is 0 Å². The Labute approximate surface area is 193 Å². The number of hydrogen-bond acceptors (Lipinski definition) is 10. The number of phenolic OH excluding ortho intramolecular Hbond substituents is 1. The zero-order valence-corrected chi connectivity index (χ0v) is 18.6. The molecule has 0 saturated heterocycles. The summed E-state index contributed by atoms with van der Waals surface area (Å²) in [5, 5.41) is 66.6. The third kappa shape index (κ3) is 2.68. The molecule has 0 aromatic heterocycles. The summed E-state index contributed by atoms with van der Waals surface area (Å²) in [6, 6.07) is 2.29. The van der Waals surface area contributed by atoms with Crippen LogP contribution in [0.25, 0.3) is 5.76 Å². The zero-order valence-electron chi connectivity index (χ0n) is 18.6. The third-order valence-corrected chi connectivity index (χ3v) is 7.20. The second kappa shape index (κ2) is 6.87. The summed E-state index contributed by atoms with van der Waals surface area (Å²) in [6.45, 7) is 1.23. The number of phenols is 1. The van der Waals surface area contributed by atoms with E-state index in [1.54, 1.807) is 0 Å². The van der Waals surface area contributed by atoms with Gasteiger partial charge in [-0.05, 0) is 18.6 Å². The Hall–Kier alpha value is -3.29. The van der Waals surface area contributed by atoms with E-state index >= 15 is 0 Å². The molecule has 3 aliphatic rings. The van der Waals surface area contributed by atoms with Gasteiger partial charge in [-0.1, -0.05) is 12.1 Å². The highest BCUT2D eigenvalue weighted by molar-refractivity contribution is 6.24. The summed E-state index contributed by atoms with van der Waals surface area (Å²) >= 11 is 0. The van der Waals surface area contributed by atoms with Gasteiger partial charge in [-0.25, -0.2) is 4.59 Å². The molecule has 34 heavy (non-hydrogen) atoms. The van der Waals surface area contributed by atoms with Crippen LogP contribution in [-0.4, -0.2) is 84.5 Å². The molecule has 0 radical (unpaired) electrons. The minimum absolute atomic E-state index is 0.0196. The number of quaternary nitrogens is 1. The maximum absolute atomic E-state index is 13.8. The van der Waals surface area contributed by atoms with Gasteiger partial charge in [0.05, 0.1) is 48.8 Å². The van der Waals surface area contributed by atoms with E-state index in [1.165, 1.54) is 39.2 Å². The summed E-state index contributed by atoms with van der Waals surface area (Å²) in [5.41, 5.74) is -2.03. The number of Topliss-reactive ketones (excluding diaryl/α,β-unsaturated/α-hetero) is 2. The average Bonchev–Trinajstić information content (AvgIpc) is 2.69. The fourth-order valence-electron chi connectivity index (χ4n) is 5.76. The van der Waals surface area contributed by atoms with Crippen LogP contribution in [0.1, 0.15) is 18.1 Å². The molecule has 0 bridgehead atoms. The standard InChI is InChI=1S/C22H25N3O9/c1-21(33)7-5-4-6-8(26)9(7)15(27)10-12(21)17(29)13-14(25(2,3)24)16(28)11(20(23)32)19(31)22(13,34)18(10)30/h4-6,12-14,17,29,33-34H,24H2,1-3H3,(H4-,23,26,27,28,30,31,32)/p+1. The highest BCUT2D eigenvalue weighted by Gasteiger charge is 2.72. The van der Waals surface area contributed by atoms with Gasteiger partial charge < -0.3 is 36.4 Å². The summed E-state index contributed by atoms with van der Waals surface area (Å²) < 4.78 is -0.780. The monoisotopic (exact) mass is 476 g/mol. The van der Waals surface area contributed by atoms with Gasteiger partial charge in [0.1, 0.15) is 22.8 Å². The molecule has 182 valence electrons. The van der Waals surface area contributed by atoms with E-state index in [0.29, 0.717) is 0 Å². The van der Waals surface area contributed by atoms with Crippen LogP contribution in [0.15, 0.2) is 35.1 Å². The molecule has 0 aliphatic heterocycles. The van der Waals surface area contributed by atoms with E-state index in [9.17, 15) is 45.0 Å². The zero-order chi connectivity index (χ0) is 25.7. The minimum Gasteiger partial charge on any atom is -0.508 e. The Morgan fingerprint density at radius 1 is 1.12 bits per heavy atom. The van der Waals surface area contributed by atoms with E-state index in [4.69, 9.17) is 11.6 Å². The number of aromatic hydroxyl groups is 1. The summed E-state index contributed by atoms with van der Waals surface area (Å²) in [7, 11) is 2.60. The number of carbonyl (C=O) groups is 3. The lowest BCUT2D eigenvalue weighted by atomic mass is 9.53. The molecule has 0 spiro atoms. The largest absolute Gasteiger partial charge is 0.508 e. The number of primary amides is 1.